The largest absolute Gasteiger partial charge is 0.377 e. The first-order valence-electron chi connectivity index (χ1n) is 6.29. The number of thiophene rings is 1. The maximum atomic E-state index is 5.64. The van der Waals surface area contributed by atoms with Gasteiger partial charge in [0, 0.05) is 11.3 Å². The molecular weight excluding hydrogens is 244 g/mol. The van der Waals surface area contributed by atoms with Gasteiger partial charge in [-0.05, 0) is 42.7 Å². The quantitative estimate of drug-likeness (QED) is 0.623. The summed E-state index contributed by atoms with van der Waals surface area (Å²) >= 11 is 1.78. The number of hydrazine groups is 1. The van der Waals surface area contributed by atoms with E-state index < -0.39 is 0 Å². The van der Waals surface area contributed by atoms with Crippen LogP contribution >= 0.6 is 11.3 Å². The van der Waals surface area contributed by atoms with Gasteiger partial charge in [0.15, 0.2) is 0 Å². The van der Waals surface area contributed by atoms with Gasteiger partial charge in [0.05, 0.1) is 12.1 Å². The van der Waals surface area contributed by atoms with Gasteiger partial charge >= 0.3 is 0 Å². The van der Waals surface area contributed by atoms with Crippen molar-refractivity contribution in [1.82, 2.24) is 5.43 Å². The number of hydrogen-bond donors (Lipinski definition) is 2. The second kappa shape index (κ2) is 6.29. The highest BCUT2D eigenvalue weighted by molar-refractivity contribution is 7.17. The van der Waals surface area contributed by atoms with Crippen molar-refractivity contribution in [2.75, 3.05) is 6.61 Å². The molecule has 2 rings (SSSR count). The van der Waals surface area contributed by atoms with Gasteiger partial charge in [-0.25, -0.2) is 0 Å². The number of hydrogen-bond acceptors (Lipinski definition) is 4. The van der Waals surface area contributed by atoms with Gasteiger partial charge in [0.2, 0.25) is 0 Å². The van der Waals surface area contributed by atoms with E-state index in [0.717, 1.165) is 6.42 Å². The van der Waals surface area contributed by atoms with Gasteiger partial charge in [-0.15, -0.1) is 11.3 Å². The smallest absolute Gasteiger partial charge is 0.0716 e. The van der Waals surface area contributed by atoms with Crippen molar-refractivity contribution in [1.29, 1.82) is 0 Å². The third-order valence-corrected chi connectivity index (χ3v) is 4.22. The van der Waals surface area contributed by atoms with Gasteiger partial charge in [0.25, 0.3) is 0 Å². The molecule has 0 saturated heterocycles. The molecule has 18 heavy (non-hydrogen) atoms. The number of rotatable bonds is 6. The summed E-state index contributed by atoms with van der Waals surface area (Å²) in [6.45, 7) is 4.77. The highest BCUT2D eigenvalue weighted by Gasteiger charge is 2.18. The minimum atomic E-state index is 0.110. The Morgan fingerprint density at radius 1 is 1.39 bits per heavy atom. The molecule has 0 amide bonds. The van der Waals surface area contributed by atoms with E-state index in [9.17, 15) is 0 Å². The molecule has 1 heterocycles. The van der Waals surface area contributed by atoms with E-state index in [1.54, 1.807) is 11.3 Å². The Balaban J connectivity index is 2.16. The molecule has 3 N–H and O–H groups in total. The average Bonchev–Trinajstić information content (AvgIpc) is 2.79. The van der Waals surface area contributed by atoms with Crippen molar-refractivity contribution in [3.63, 3.8) is 0 Å². The fourth-order valence-electron chi connectivity index (χ4n) is 2.17. The second-order valence-corrected chi connectivity index (χ2v) is 5.31. The standard InChI is InChI=1S/C14H20N2OS/c1-3-17-10(2)13(16-15)8-11-9-18-14-7-5-4-6-12(11)14/h4-7,9-10,13,16H,3,8,15H2,1-2H3. The molecule has 98 valence electrons. The van der Waals surface area contributed by atoms with Crippen molar-refractivity contribution in [2.45, 2.75) is 32.4 Å². The third-order valence-electron chi connectivity index (χ3n) is 3.21. The number of ether oxygens (including phenoxy) is 1. The molecule has 2 aromatic rings. The van der Waals surface area contributed by atoms with Crippen LogP contribution in [0.4, 0.5) is 0 Å². The maximum absolute atomic E-state index is 5.64. The summed E-state index contributed by atoms with van der Waals surface area (Å²) in [6, 6.07) is 8.61. The first kappa shape index (κ1) is 13.5. The van der Waals surface area contributed by atoms with Crippen LogP contribution in [-0.4, -0.2) is 18.8 Å². The van der Waals surface area contributed by atoms with E-state index in [4.69, 9.17) is 10.6 Å². The second-order valence-electron chi connectivity index (χ2n) is 4.39. The summed E-state index contributed by atoms with van der Waals surface area (Å²) in [5.74, 6) is 5.64. The third kappa shape index (κ3) is 2.90. The SMILES string of the molecule is CCOC(C)C(Cc1csc2ccccc12)NN. The minimum absolute atomic E-state index is 0.110. The molecule has 2 unspecified atom stereocenters. The van der Waals surface area contributed by atoms with Crippen LogP contribution < -0.4 is 11.3 Å². The molecular formula is C14H20N2OS. The van der Waals surface area contributed by atoms with Gasteiger partial charge in [0.1, 0.15) is 0 Å². The van der Waals surface area contributed by atoms with Crippen LogP contribution in [0.15, 0.2) is 29.6 Å². The average molecular weight is 264 g/mol. The summed E-state index contributed by atoms with van der Waals surface area (Å²) in [7, 11) is 0. The zero-order valence-electron chi connectivity index (χ0n) is 10.8. The Morgan fingerprint density at radius 2 is 2.17 bits per heavy atom. The van der Waals surface area contributed by atoms with Gasteiger partial charge in [-0.3, -0.25) is 11.3 Å². The molecule has 0 aliphatic carbocycles. The summed E-state index contributed by atoms with van der Waals surface area (Å²) in [5.41, 5.74) is 4.21. The zero-order valence-corrected chi connectivity index (χ0v) is 11.7. The summed E-state index contributed by atoms with van der Waals surface area (Å²) < 4.78 is 6.94. The predicted octanol–water partition coefficient (Wildman–Crippen LogP) is 2.70. The van der Waals surface area contributed by atoms with Gasteiger partial charge < -0.3 is 4.74 Å². The van der Waals surface area contributed by atoms with E-state index >= 15 is 0 Å². The van der Waals surface area contributed by atoms with Crippen molar-refractivity contribution < 1.29 is 4.74 Å². The van der Waals surface area contributed by atoms with Crippen molar-refractivity contribution in [2.24, 2.45) is 5.84 Å². The predicted molar refractivity (Wildman–Crippen MR) is 77.7 cm³/mol. The molecule has 0 aliphatic rings. The number of nitrogens with two attached hydrogens (primary N) is 1. The molecule has 1 aromatic carbocycles. The molecule has 4 heteroatoms. The molecule has 1 aromatic heterocycles. The van der Waals surface area contributed by atoms with Crippen LogP contribution in [0.2, 0.25) is 0 Å². The van der Waals surface area contributed by atoms with E-state index in [1.807, 2.05) is 6.92 Å². The Labute approximate surface area is 112 Å². The summed E-state index contributed by atoms with van der Waals surface area (Å²) in [6.07, 6.45) is 1.00. The lowest BCUT2D eigenvalue weighted by Gasteiger charge is -2.22. The fourth-order valence-corrected chi connectivity index (χ4v) is 3.14. The minimum Gasteiger partial charge on any atom is -0.377 e. The molecule has 0 aliphatic heterocycles. The Bertz CT molecular complexity index is 497. The topological polar surface area (TPSA) is 47.3 Å². The van der Waals surface area contributed by atoms with E-state index in [1.165, 1.54) is 15.6 Å². The van der Waals surface area contributed by atoms with Crippen molar-refractivity contribution >= 4 is 21.4 Å². The van der Waals surface area contributed by atoms with Crippen LogP contribution in [-0.2, 0) is 11.2 Å². The zero-order chi connectivity index (χ0) is 13.0. The highest BCUT2D eigenvalue weighted by Crippen LogP contribution is 2.27. The lowest BCUT2D eigenvalue weighted by molar-refractivity contribution is 0.0477. The molecule has 0 bridgehead atoms. The van der Waals surface area contributed by atoms with E-state index in [-0.39, 0.29) is 12.1 Å². The Kier molecular flexibility index (Phi) is 4.72. The summed E-state index contributed by atoms with van der Waals surface area (Å²) in [4.78, 5) is 0. The number of benzene rings is 1. The van der Waals surface area contributed by atoms with E-state index in [2.05, 4.69) is 42.0 Å². The van der Waals surface area contributed by atoms with Gasteiger partial charge in [-0.1, -0.05) is 18.2 Å². The lowest BCUT2D eigenvalue weighted by Crippen LogP contribution is -2.45. The highest BCUT2D eigenvalue weighted by atomic mass is 32.1. The van der Waals surface area contributed by atoms with E-state index in [0.29, 0.717) is 6.61 Å². The first-order valence-corrected chi connectivity index (χ1v) is 7.17. The molecule has 2 atom stereocenters. The normalized spacial score (nSPS) is 14.8. The van der Waals surface area contributed by atoms with Crippen LogP contribution in [0.3, 0.4) is 0 Å². The van der Waals surface area contributed by atoms with Crippen LogP contribution in [0, 0.1) is 0 Å². The van der Waals surface area contributed by atoms with Crippen LogP contribution in [0.1, 0.15) is 19.4 Å². The summed E-state index contributed by atoms with van der Waals surface area (Å²) in [5, 5.41) is 3.54. The van der Waals surface area contributed by atoms with Gasteiger partial charge in [-0.2, -0.15) is 0 Å². The fraction of sp³-hybridized carbons (Fsp3) is 0.429. The first-order chi connectivity index (χ1) is 8.76. The molecule has 0 fully saturated rings. The van der Waals surface area contributed by atoms with Crippen LogP contribution in [0.5, 0.6) is 0 Å². The van der Waals surface area contributed by atoms with Crippen molar-refractivity contribution in [3.8, 4) is 0 Å². The molecule has 3 nitrogen and oxygen atoms in total. The molecule has 0 saturated carbocycles. The van der Waals surface area contributed by atoms with Crippen molar-refractivity contribution in [3.05, 3.63) is 35.2 Å². The Hall–Kier alpha value is -0.940. The molecule has 0 radical (unpaired) electrons. The number of nitrogens with one attached hydrogen (secondary N) is 1. The molecule has 0 spiro atoms. The maximum Gasteiger partial charge on any atom is 0.0716 e. The monoisotopic (exact) mass is 264 g/mol. The number of fused-ring (bicyclic) bond motifs is 1. The lowest BCUT2D eigenvalue weighted by atomic mass is 10.0. The van der Waals surface area contributed by atoms with Crippen LogP contribution in [0.25, 0.3) is 10.1 Å². The Morgan fingerprint density at radius 3 is 2.89 bits per heavy atom.